The van der Waals surface area contributed by atoms with Crippen LogP contribution in [0.4, 0.5) is 0 Å². The minimum Gasteiger partial charge on any atom is -0.396 e. The van der Waals surface area contributed by atoms with Gasteiger partial charge < -0.3 is 9.84 Å². The van der Waals surface area contributed by atoms with E-state index < -0.39 is 0 Å². The number of aliphatic hydroxyl groups excluding tert-OH is 1. The Morgan fingerprint density at radius 3 is 2.07 bits per heavy atom. The molecule has 0 aromatic heterocycles. The molecule has 1 fully saturated rings. The van der Waals surface area contributed by atoms with Crippen molar-refractivity contribution in [1.82, 2.24) is 4.90 Å². The van der Waals surface area contributed by atoms with Crippen LogP contribution in [0.25, 0.3) is 0 Å². The van der Waals surface area contributed by atoms with Crippen molar-refractivity contribution in [2.75, 3.05) is 26.2 Å². The standard InChI is InChI=1S/C12H25NO2/c1-10(7-14)6-13-8-11(2,3)15-12(4,5)9-13/h10,14H,6-9H2,1-5H3. The first kappa shape index (κ1) is 12.9. The van der Waals surface area contributed by atoms with E-state index in [1.807, 2.05) is 0 Å². The van der Waals surface area contributed by atoms with Crippen LogP contribution in [0.1, 0.15) is 34.6 Å². The monoisotopic (exact) mass is 215 g/mol. The Morgan fingerprint density at radius 1 is 1.20 bits per heavy atom. The van der Waals surface area contributed by atoms with Crippen LogP contribution in [0.2, 0.25) is 0 Å². The second-order valence-electron chi connectivity index (χ2n) is 6.08. The van der Waals surface area contributed by atoms with Gasteiger partial charge in [0.25, 0.3) is 0 Å². The Kier molecular flexibility index (Phi) is 3.80. The van der Waals surface area contributed by atoms with Crippen molar-refractivity contribution in [3.63, 3.8) is 0 Å². The van der Waals surface area contributed by atoms with Gasteiger partial charge in [0.1, 0.15) is 0 Å². The number of ether oxygens (including phenoxy) is 1. The first-order valence-electron chi connectivity index (χ1n) is 5.77. The molecule has 1 N–H and O–H groups in total. The fraction of sp³-hybridized carbons (Fsp3) is 1.00. The van der Waals surface area contributed by atoms with Gasteiger partial charge in [-0.2, -0.15) is 0 Å². The van der Waals surface area contributed by atoms with Crippen LogP contribution < -0.4 is 0 Å². The summed E-state index contributed by atoms with van der Waals surface area (Å²) in [5, 5.41) is 9.07. The smallest absolute Gasteiger partial charge is 0.0760 e. The third-order valence-electron chi connectivity index (χ3n) is 2.64. The molecule has 3 nitrogen and oxygen atoms in total. The summed E-state index contributed by atoms with van der Waals surface area (Å²) in [6.45, 7) is 13.7. The zero-order chi connectivity index (χ0) is 11.7. The van der Waals surface area contributed by atoms with Crippen molar-refractivity contribution < 1.29 is 9.84 Å². The van der Waals surface area contributed by atoms with E-state index in [-0.39, 0.29) is 17.8 Å². The highest BCUT2D eigenvalue weighted by Crippen LogP contribution is 2.28. The first-order chi connectivity index (χ1) is 6.74. The molecule has 0 saturated carbocycles. The van der Waals surface area contributed by atoms with Crippen LogP contribution in [0.15, 0.2) is 0 Å². The van der Waals surface area contributed by atoms with Crippen LogP contribution >= 0.6 is 0 Å². The maximum atomic E-state index is 9.07. The summed E-state index contributed by atoms with van der Waals surface area (Å²) in [5.74, 6) is 0.342. The lowest BCUT2D eigenvalue weighted by atomic mass is 9.98. The van der Waals surface area contributed by atoms with E-state index in [1.54, 1.807) is 0 Å². The second-order valence-corrected chi connectivity index (χ2v) is 6.08. The molecule has 1 aliphatic heterocycles. The van der Waals surface area contributed by atoms with Gasteiger partial charge in [-0.05, 0) is 33.6 Å². The number of hydrogen-bond acceptors (Lipinski definition) is 3. The van der Waals surface area contributed by atoms with Gasteiger partial charge in [0.05, 0.1) is 11.2 Å². The van der Waals surface area contributed by atoms with Gasteiger partial charge in [0.15, 0.2) is 0 Å². The molecular formula is C12H25NO2. The highest BCUT2D eigenvalue weighted by molar-refractivity contribution is 4.89. The van der Waals surface area contributed by atoms with E-state index in [2.05, 4.69) is 39.5 Å². The van der Waals surface area contributed by atoms with E-state index >= 15 is 0 Å². The highest BCUT2D eigenvalue weighted by Gasteiger charge is 2.38. The predicted octanol–water partition coefficient (Wildman–Crippen LogP) is 1.50. The summed E-state index contributed by atoms with van der Waals surface area (Å²) in [7, 11) is 0. The van der Waals surface area contributed by atoms with Gasteiger partial charge >= 0.3 is 0 Å². The van der Waals surface area contributed by atoms with Crippen molar-refractivity contribution >= 4 is 0 Å². The van der Waals surface area contributed by atoms with Crippen molar-refractivity contribution in [3.05, 3.63) is 0 Å². The lowest BCUT2D eigenvalue weighted by Gasteiger charge is -2.47. The van der Waals surface area contributed by atoms with E-state index in [9.17, 15) is 0 Å². The third-order valence-corrected chi connectivity index (χ3v) is 2.64. The molecule has 1 heterocycles. The lowest BCUT2D eigenvalue weighted by molar-refractivity contribution is -0.182. The zero-order valence-electron chi connectivity index (χ0n) is 10.7. The Labute approximate surface area is 93.4 Å². The molecule has 0 bridgehead atoms. The maximum Gasteiger partial charge on any atom is 0.0760 e. The van der Waals surface area contributed by atoms with Crippen molar-refractivity contribution in [1.29, 1.82) is 0 Å². The van der Waals surface area contributed by atoms with Crippen LogP contribution in [0, 0.1) is 5.92 Å². The molecule has 3 heteroatoms. The molecule has 1 saturated heterocycles. The number of aliphatic hydroxyl groups is 1. The number of hydrogen-bond donors (Lipinski definition) is 1. The molecular weight excluding hydrogens is 190 g/mol. The second kappa shape index (κ2) is 4.40. The van der Waals surface area contributed by atoms with Gasteiger partial charge in [0, 0.05) is 26.2 Å². The fourth-order valence-electron chi connectivity index (χ4n) is 2.57. The zero-order valence-corrected chi connectivity index (χ0v) is 10.7. The Morgan fingerprint density at radius 2 is 1.67 bits per heavy atom. The largest absolute Gasteiger partial charge is 0.396 e. The molecule has 0 aromatic carbocycles. The fourth-order valence-corrected chi connectivity index (χ4v) is 2.57. The van der Waals surface area contributed by atoms with E-state index in [1.165, 1.54) is 0 Å². The number of nitrogens with zero attached hydrogens (tertiary/aromatic N) is 1. The molecule has 0 aliphatic carbocycles. The first-order valence-corrected chi connectivity index (χ1v) is 5.77. The highest BCUT2D eigenvalue weighted by atomic mass is 16.5. The van der Waals surface area contributed by atoms with E-state index in [0.29, 0.717) is 5.92 Å². The molecule has 0 spiro atoms. The van der Waals surface area contributed by atoms with Crippen molar-refractivity contribution in [2.24, 2.45) is 5.92 Å². The summed E-state index contributed by atoms with van der Waals surface area (Å²) in [4.78, 5) is 2.39. The average molecular weight is 215 g/mol. The molecule has 0 amide bonds. The summed E-state index contributed by atoms with van der Waals surface area (Å²) < 4.78 is 6.00. The van der Waals surface area contributed by atoms with Gasteiger partial charge in [-0.3, -0.25) is 4.90 Å². The van der Waals surface area contributed by atoms with Gasteiger partial charge in [-0.1, -0.05) is 6.92 Å². The Bertz CT molecular complexity index is 198. The van der Waals surface area contributed by atoms with Crippen molar-refractivity contribution in [2.45, 2.75) is 45.8 Å². The molecule has 90 valence electrons. The summed E-state index contributed by atoms with van der Waals surface area (Å²) in [6, 6.07) is 0. The van der Waals surface area contributed by atoms with Crippen LogP contribution in [-0.2, 0) is 4.74 Å². The average Bonchev–Trinajstić information content (AvgIpc) is 1.97. The van der Waals surface area contributed by atoms with Crippen molar-refractivity contribution in [3.8, 4) is 0 Å². The van der Waals surface area contributed by atoms with Gasteiger partial charge in [-0.15, -0.1) is 0 Å². The quantitative estimate of drug-likeness (QED) is 0.774. The number of rotatable bonds is 3. The molecule has 1 rings (SSSR count). The summed E-state index contributed by atoms with van der Waals surface area (Å²) in [6.07, 6.45) is 0. The van der Waals surface area contributed by atoms with Crippen LogP contribution in [0.3, 0.4) is 0 Å². The predicted molar refractivity (Wildman–Crippen MR) is 61.9 cm³/mol. The number of morpholine rings is 1. The molecule has 0 aromatic rings. The third kappa shape index (κ3) is 4.09. The topological polar surface area (TPSA) is 32.7 Å². The minimum atomic E-state index is -0.0864. The van der Waals surface area contributed by atoms with E-state index in [4.69, 9.17) is 9.84 Å². The normalized spacial score (nSPS) is 27.6. The minimum absolute atomic E-state index is 0.0864. The SMILES string of the molecule is CC(CO)CN1CC(C)(C)OC(C)(C)C1. The molecule has 0 radical (unpaired) electrons. The van der Waals surface area contributed by atoms with Crippen LogP contribution in [-0.4, -0.2) is 47.4 Å². The maximum absolute atomic E-state index is 9.07. The van der Waals surface area contributed by atoms with E-state index in [0.717, 1.165) is 19.6 Å². The lowest BCUT2D eigenvalue weighted by Crippen LogP contribution is -2.57. The summed E-state index contributed by atoms with van der Waals surface area (Å²) in [5.41, 5.74) is -0.173. The summed E-state index contributed by atoms with van der Waals surface area (Å²) >= 11 is 0. The Hall–Kier alpha value is -0.120. The molecule has 15 heavy (non-hydrogen) atoms. The van der Waals surface area contributed by atoms with Gasteiger partial charge in [0.2, 0.25) is 0 Å². The Balaban J connectivity index is 2.59. The van der Waals surface area contributed by atoms with Crippen LogP contribution in [0.5, 0.6) is 0 Å². The molecule has 1 aliphatic rings. The van der Waals surface area contributed by atoms with Gasteiger partial charge in [-0.25, -0.2) is 0 Å². The molecule has 1 atom stereocenters. The molecule has 1 unspecified atom stereocenters.